The summed E-state index contributed by atoms with van der Waals surface area (Å²) in [7, 11) is 1.06. The smallest absolute Gasteiger partial charge is 0.336 e. The summed E-state index contributed by atoms with van der Waals surface area (Å²) >= 11 is 0. The van der Waals surface area contributed by atoms with Crippen LogP contribution >= 0.6 is 0 Å². The van der Waals surface area contributed by atoms with E-state index in [1.165, 1.54) is 0 Å². The second kappa shape index (κ2) is 7.17. The van der Waals surface area contributed by atoms with Crippen LogP contribution in [0.2, 0.25) is 0 Å². The van der Waals surface area contributed by atoms with Gasteiger partial charge in [0.1, 0.15) is 24.5 Å². The van der Waals surface area contributed by atoms with Gasteiger partial charge in [-0.25, -0.2) is 22.4 Å². The van der Waals surface area contributed by atoms with Gasteiger partial charge in [-0.15, -0.1) is 0 Å². The largest absolute Gasteiger partial charge is 0.466 e. The van der Waals surface area contributed by atoms with Crippen molar-refractivity contribution in [1.82, 2.24) is 5.32 Å². The topological polar surface area (TPSA) is 55.4 Å². The van der Waals surface area contributed by atoms with Crippen molar-refractivity contribution in [2.75, 3.05) is 13.8 Å². The van der Waals surface area contributed by atoms with E-state index in [9.17, 15) is 27.2 Å². The third-order valence-electron chi connectivity index (χ3n) is 4.81. The summed E-state index contributed by atoms with van der Waals surface area (Å²) in [5, 5.41) is 2.72. The molecule has 2 atom stereocenters. The molecule has 1 aromatic rings. The number of ether oxygens (including phenoxy) is 1. The first kappa shape index (κ1) is 19.1. The molecule has 4 nitrogen and oxygen atoms in total. The van der Waals surface area contributed by atoms with Crippen molar-refractivity contribution in [2.24, 2.45) is 0 Å². The lowest BCUT2D eigenvalue weighted by molar-refractivity contribution is -0.136. The maximum Gasteiger partial charge on any atom is 0.336 e. The minimum atomic E-state index is -1.84. The molecule has 1 heterocycles. The highest BCUT2D eigenvalue weighted by atomic mass is 19.1. The number of hydrogen-bond acceptors (Lipinski definition) is 4. The number of ketones is 1. The first-order valence-electron chi connectivity index (χ1n) is 8.33. The molecule has 0 aromatic heterocycles. The predicted molar refractivity (Wildman–Crippen MR) is 88.0 cm³/mol. The predicted octanol–water partition coefficient (Wildman–Crippen LogP) is 3.70. The van der Waals surface area contributed by atoms with Crippen molar-refractivity contribution < 1.29 is 31.9 Å². The second-order valence-electron chi connectivity index (χ2n) is 6.40. The Kier molecular flexibility index (Phi) is 5.08. The fraction of sp³-hybridized carbons (Fsp3) is 0.368. The fourth-order valence-electron chi connectivity index (χ4n) is 3.74. The molecule has 1 aliphatic carbocycles. The molecule has 0 spiro atoms. The van der Waals surface area contributed by atoms with E-state index in [-0.39, 0.29) is 41.0 Å². The summed E-state index contributed by atoms with van der Waals surface area (Å²) in [6.45, 7) is -0.0333. The maximum absolute atomic E-state index is 14.3. The molecule has 3 rings (SSSR count). The second-order valence-corrected chi connectivity index (χ2v) is 6.40. The molecule has 0 saturated heterocycles. The van der Waals surface area contributed by atoms with Crippen LogP contribution in [0.4, 0.5) is 17.6 Å². The van der Waals surface area contributed by atoms with Gasteiger partial charge in [-0.05, 0) is 25.0 Å². The first-order valence-corrected chi connectivity index (χ1v) is 8.33. The summed E-state index contributed by atoms with van der Waals surface area (Å²) in [6, 6.07) is 1.40. The van der Waals surface area contributed by atoms with E-state index in [4.69, 9.17) is 4.74 Å². The number of rotatable bonds is 4. The number of Topliss-reactive ketones (excluding diaryl/α,β-unsaturated/α-hetero) is 1. The Bertz CT molecular complexity index is 889. The van der Waals surface area contributed by atoms with Crippen LogP contribution in [0, 0.1) is 11.6 Å². The lowest BCUT2D eigenvalue weighted by Crippen LogP contribution is -2.32. The molecule has 1 aromatic carbocycles. The summed E-state index contributed by atoms with van der Waals surface area (Å²) in [5.74, 6) is -4.77. The quantitative estimate of drug-likeness (QED) is 0.636. The zero-order valence-corrected chi connectivity index (χ0v) is 14.7. The van der Waals surface area contributed by atoms with E-state index in [1.807, 2.05) is 0 Å². The van der Waals surface area contributed by atoms with E-state index < -0.39 is 41.9 Å². The van der Waals surface area contributed by atoms with Gasteiger partial charge in [0.2, 0.25) is 0 Å². The monoisotopic (exact) mass is 383 g/mol. The number of allylic oxidation sites excluding steroid dienone is 3. The Morgan fingerprint density at radius 1 is 1.33 bits per heavy atom. The Labute approximate surface area is 152 Å². The molecule has 27 heavy (non-hydrogen) atoms. The van der Waals surface area contributed by atoms with Crippen molar-refractivity contribution in [2.45, 2.75) is 31.9 Å². The molecule has 2 aliphatic rings. The maximum atomic E-state index is 14.3. The highest BCUT2D eigenvalue weighted by Crippen LogP contribution is 2.46. The number of alkyl halides is 2. The van der Waals surface area contributed by atoms with Crippen LogP contribution in [0.15, 0.2) is 34.7 Å². The molecular weight excluding hydrogens is 366 g/mol. The van der Waals surface area contributed by atoms with Gasteiger partial charge in [0.25, 0.3) is 0 Å². The number of nitrogens with one attached hydrogen (secondary N) is 1. The van der Waals surface area contributed by atoms with Crippen LogP contribution in [0.5, 0.6) is 0 Å². The summed E-state index contributed by atoms with van der Waals surface area (Å²) in [5.41, 5.74) is -0.706. The van der Waals surface area contributed by atoms with Crippen LogP contribution in [-0.2, 0) is 14.3 Å². The Balaban J connectivity index is 2.35. The van der Waals surface area contributed by atoms with Crippen LogP contribution < -0.4 is 5.32 Å². The molecule has 2 unspecified atom stereocenters. The normalized spacial score (nSPS) is 20.5. The van der Waals surface area contributed by atoms with Crippen LogP contribution in [-0.4, -0.2) is 25.5 Å². The van der Waals surface area contributed by atoms with Crippen molar-refractivity contribution in [3.63, 3.8) is 0 Å². The third-order valence-corrected chi connectivity index (χ3v) is 4.81. The molecule has 0 radical (unpaired) electrons. The van der Waals surface area contributed by atoms with Gasteiger partial charge in [-0.2, -0.15) is 0 Å². The van der Waals surface area contributed by atoms with Crippen LogP contribution in [0.25, 0.3) is 0 Å². The number of esters is 1. The molecule has 1 aliphatic heterocycles. The average molecular weight is 383 g/mol. The van der Waals surface area contributed by atoms with Gasteiger partial charge in [0.15, 0.2) is 5.78 Å². The number of carbonyl (C=O) groups is 2. The van der Waals surface area contributed by atoms with Crippen molar-refractivity contribution in [3.05, 3.63) is 57.4 Å². The molecule has 1 N–H and O–H groups in total. The van der Waals surface area contributed by atoms with E-state index in [0.717, 1.165) is 20.1 Å². The Morgan fingerprint density at radius 3 is 2.63 bits per heavy atom. The molecule has 0 amide bonds. The molecule has 0 fully saturated rings. The minimum Gasteiger partial charge on any atom is -0.466 e. The van der Waals surface area contributed by atoms with E-state index >= 15 is 0 Å². The van der Waals surface area contributed by atoms with Gasteiger partial charge >= 0.3 is 5.97 Å². The number of benzene rings is 1. The lowest BCUT2D eigenvalue weighted by Gasteiger charge is -2.30. The van der Waals surface area contributed by atoms with Crippen molar-refractivity contribution in [1.29, 1.82) is 0 Å². The lowest BCUT2D eigenvalue weighted by atomic mass is 9.77. The highest BCUT2D eigenvalue weighted by molar-refractivity contribution is 6.05. The third kappa shape index (κ3) is 3.13. The van der Waals surface area contributed by atoms with Gasteiger partial charge in [-0.1, -0.05) is 0 Å². The Hall–Kier alpha value is -2.64. The minimum absolute atomic E-state index is 0.0829. The molecule has 144 valence electrons. The molecule has 8 heteroatoms. The number of methoxy groups -OCH3 is 1. The van der Waals surface area contributed by atoms with E-state index in [2.05, 4.69) is 5.32 Å². The average Bonchev–Trinajstić information content (AvgIpc) is 2.99. The summed E-state index contributed by atoms with van der Waals surface area (Å²) in [4.78, 5) is 24.8. The molecule has 0 bridgehead atoms. The summed E-state index contributed by atoms with van der Waals surface area (Å²) < 4.78 is 60.8. The van der Waals surface area contributed by atoms with Gasteiger partial charge in [0, 0.05) is 35.2 Å². The van der Waals surface area contributed by atoms with Crippen molar-refractivity contribution >= 4 is 11.8 Å². The fourth-order valence-corrected chi connectivity index (χ4v) is 3.74. The van der Waals surface area contributed by atoms with Gasteiger partial charge in [0.05, 0.1) is 18.4 Å². The zero-order valence-electron chi connectivity index (χ0n) is 14.7. The summed E-state index contributed by atoms with van der Waals surface area (Å²) in [6.07, 6.45) is -1.48. The number of hydrogen-bond donors (Lipinski definition) is 1. The van der Waals surface area contributed by atoms with Crippen LogP contribution in [0.1, 0.15) is 43.0 Å². The van der Waals surface area contributed by atoms with Crippen LogP contribution in [0.3, 0.4) is 0 Å². The van der Waals surface area contributed by atoms with Crippen molar-refractivity contribution in [3.8, 4) is 0 Å². The first-order chi connectivity index (χ1) is 12.8. The van der Waals surface area contributed by atoms with E-state index in [1.54, 1.807) is 0 Å². The SMILES string of the molecule is COC(=O)C1=C(CF)NC2=C(C(=O)CC2)C1c1cc(F)cc(F)c1C(C)F. The zero-order chi connectivity index (χ0) is 19.9. The number of dihydropyridines is 1. The standard InChI is InChI=1S/C19H17F4NO3/c1-8(21)15-10(5-9(22)6-11(15)23)16-17-12(3-4-14(17)25)24-13(7-20)18(16)19(26)27-2/h5-6,8,16,24H,3-4,7H2,1-2H3. The molecular formula is C19H17F4NO3. The van der Waals surface area contributed by atoms with Gasteiger partial charge < -0.3 is 10.1 Å². The number of halogens is 4. The van der Waals surface area contributed by atoms with E-state index in [0.29, 0.717) is 11.8 Å². The molecule has 0 saturated carbocycles. The number of carbonyl (C=O) groups excluding carboxylic acids is 2. The highest BCUT2D eigenvalue weighted by Gasteiger charge is 2.43. The van der Waals surface area contributed by atoms with Gasteiger partial charge in [-0.3, -0.25) is 4.79 Å². The Morgan fingerprint density at radius 2 is 2.04 bits per heavy atom.